The van der Waals surface area contributed by atoms with Gasteiger partial charge < -0.3 is 10.5 Å². The predicted molar refractivity (Wildman–Crippen MR) is 114 cm³/mol. The minimum atomic E-state index is 0.367. The minimum absolute atomic E-state index is 0.367. The molecule has 0 radical (unpaired) electrons. The van der Waals surface area contributed by atoms with E-state index in [9.17, 15) is 5.26 Å². The molecule has 2 N–H and O–H groups in total. The van der Waals surface area contributed by atoms with Crippen LogP contribution < -0.4 is 10.5 Å². The van der Waals surface area contributed by atoms with Crippen LogP contribution in [-0.4, -0.2) is 34.2 Å². The van der Waals surface area contributed by atoms with Gasteiger partial charge in [0.25, 0.3) is 5.23 Å². The van der Waals surface area contributed by atoms with Crippen LogP contribution in [0.1, 0.15) is 31.4 Å². The zero-order valence-electron chi connectivity index (χ0n) is 16.1. The Balaban J connectivity index is 2.34. The number of nitrogens with two attached hydrogens (primary N) is 1. The molecule has 1 unspecified atom stereocenters. The lowest BCUT2D eigenvalue weighted by Crippen LogP contribution is -2.09. The van der Waals surface area contributed by atoms with E-state index in [1.165, 1.54) is 11.8 Å². The topological polar surface area (TPSA) is 110 Å². The van der Waals surface area contributed by atoms with Crippen LogP contribution in [0, 0.1) is 17.2 Å². The lowest BCUT2D eigenvalue weighted by Gasteiger charge is -2.13. The molecule has 0 saturated carbocycles. The van der Waals surface area contributed by atoms with E-state index < -0.39 is 0 Å². The number of thioether (sulfide) groups is 1. The Kier molecular flexibility index (Phi) is 8.59. The molecule has 1 aromatic heterocycles. The maximum atomic E-state index is 9.25. The molecule has 0 fully saturated rings. The van der Waals surface area contributed by atoms with E-state index in [0.29, 0.717) is 46.8 Å². The Hall–Kier alpha value is -2.76. The summed E-state index contributed by atoms with van der Waals surface area (Å²) in [4.78, 5) is 8.82. The van der Waals surface area contributed by atoms with Gasteiger partial charge in [-0.15, -0.1) is 5.10 Å². The van der Waals surface area contributed by atoms with E-state index in [-0.39, 0.29) is 0 Å². The van der Waals surface area contributed by atoms with E-state index in [2.05, 4.69) is 46.8 Å². The number of rotatable bonds is 8. The first-order valence-electron chi connectivity index (χ1n) is 9.01. The van der Waals surface area contributed by atoms with Crippen LogP contribution in [0.4, 0.5) is 0 Å². The molecule has 0 aliphatic heterocycles. The second-order valence-corrected chi connectivity index (χ2v) is 7.18. The monoisotopic (exact) mass is 396 g/mol. The van der Waals surface area contributed by atoms with Gasteiger partial charge >= 0.3 is 0 Å². The van der Waals surface area contributed by atoms with Crippen molar-refractivity contribution in [3.8, 4) is 23.2 Å². The summed E-state index contributed by atoms with van der Waals surface area (Å²) in [6, 6.07) is 7.24. The third kappa shape index (κ3) is 6.15. The van der Waals surface area contributed by atoms with Crippen LogP contribution in [0.2, 0.25) is 0 Å². The first-order valence-corrected chi connectivity index (χ1v) is 9.99. The van der Waals surface area contributed by atoms with Crippen LogP contribution >= 0.6 is 11.8 Å². The molecule has 0 amide bonds. The molecule has 1 atom stereocenters. The highest BCUT2D eigenvalue weighted by molar-refractivity contribution is 8.13. The van der Waals surface area contributed by atoms with Crippen LogP contribution in [0.15, 0.2) is 40.8 Å². The number of ether oxygens (including phenoxy) is 1. The number of aromatic nitrogens is 2. The quantitative estimate of drug-likeness (QED) is 0.414. The van der Waals surface area contributed by atoms with Gasteiger partial charge in [-0.2, -0.15) is 10.4 Å². The summed E-state index contributed by atoms with van der Waals surface area (Å²) in [7, 11) is 0. The fourth-order valence-corrected chi connectivity index (χ4v) is 3.14. The average Bonchev–Trinajstić information content (AvgIpc) is 2.72. The molecular formula is C20H24N6OS. The Morgan fingerprint density at radius 2 is 2.14 bits per heavy atom. The second-order valence-electron chi connectivity index (χ2n) is 6.21. The van der Waals surface area contributed by atoms with Gasteiger partial charge in [-0.3, -0.25) is 0 Å². The predicted octanol–water partition coefficient (Wildman–Crippen LogP) is 3.65. The van der Waals surface area contributed by atoms with Crippen LogP contribution in [0.5, 0.6) is 5.75 Å². The maximum absolute atomic E-state index is 9.25. The molecule has 7 nitrogen and oxygen atoms in total. The SMILES string of the molecule is C=N/N=C(/Oc1cc(C#N)ccc1-c1ncc(CCN)cn1)SCC(C)CC. The van der Waals surface area contributed by atoms with E-state index in [1.807, 2.05) is 0 Å². The van der Waals surface area contributed by atoms with Crippen LogP contribution in [0.25, 0.3) is 11.4 Å². The summed E-state index contributed by atoms with van der Waals surface area (Å²) in [6.45, 7) is 8.24. The van der Waals surface area contributed by atoms with Gasteiger partial charge in [-0.25, -0.2) is 9.97 Å². The fourth-order valence-electron chi connectivity index (χ4n) is 2.21. The lowest BCUT2D eigenvalue weighted by molar-refractivity contribution is 0.563. The van der Waals surface area contributed by atoms with Crippen molar-refractivity contribution < 1.29 is 4.74 Å². The lowest BCUT2D eigenvalue weighted by atomic mass is 10.1. The van der Waals surface area contributed by atoms with Gasteiger partial charge in [0.15, 0.2) is 5.82 Å². The summed E-state index contributed by atoms with van der Waals surface area (Å²) < 4.78 is 5.98. The maximum Gasteiger partial charge on any atom is 0.275 e. The largest absolute Gasteiger partial charge is 0.432 e. The zero-order chi connectivity index (χ0) is 20.4. The number of benzene rings is 1. The molecule has 2 aromatic rings. The van der Waals surface area contributed by atoms with E-state index in [4.69, 9.17) is 10.5 Å². The molecule has 146 valence electrons. The van der Waals surface area contributed by atoms with Crippen LogP contribution in [-0.2, 0) is 6.42 Å². The van der Waals surface area contributed by atoms with E-state index in [0.717, 1.165) is 17.7 Å². The molecule has 0 aliphatic carbocycles. The third-order valence-corrected chi connectivity index (χ3v) is 5.18. The Labute approximate surface area is 169 Å². The van der Waals surface area contributed by atoms with Crippen LogP contribution in [0.3, 0.4) is 0 Å². The van der Waals surface area contributed by atoms with Crippen molar-refractivity contribution in [3.63, 3.8) is 0 Å². The summed E-state index contributed by atoms with van der Waals surface area (Å²) in [5.41, 5.74) is 7.67. The molecule has 28 heavy (non-hydrogen) atoms. The normalized spacial score (nSPS) is 12.3. The average molecular weight is 397 g/mol. The number of hydrogen-bond acceptors (Lipinski definition) is 8. The van der Waals surface area contributed by atoms with Crippen molar-refractivity contribution in [1.29, 1.82) is 5.26 Å². The zero-order valence-corrected chi connectivity index (χ0v) is 16.9. The molecule has 2 rings (SSSR count). The van der Waals surface area contributed by atoms with Gasteiger partial charge in [0.05, 0.1) is 17.2 Å². The van der Waals surface area contributed by atoms with Gasteiger partial charge in [0.2, 0.25) is 0 Å². The minimum Gasteiger partial charge on any atom is -0.432 e. The molecular weight excluding hydrogens is 372 g/mol. The highest BCUT2D eigenvalue weighted by Gasteiger charge is 2.15. The van der Waals surface area contributed by atoms with Crippen molar-refractivity contribution in [2.75, 3.05) is 12.3 Å². The summed E-state index contributed by atoms with van der Waals surface area (Å²) >= 11 is 1.46. The standard InChI is InChI=1S/C20H24N6OS/c1-4-14(2)13-28-20(26-23-3)27-18-9-15(10-22)5-6-17(18)19-24-11-16(7-8-21)12-25-19/h5-6,9,11-12,14H,3-4,7-8,13,21H2,1-2H3/b26-20-. The molecule has 0 aliphatic rings. The Morgan fingerprint density at radius 1 is 1.39 bits per heavy atom. The number of nitriles is 1. The second kappa shape index (κ2) is 11.2. The number of nitrogens with zero attached hydrogens (tertiary/aromatic N) is 5. The molecule has 8 heteroatoms. The van der Waals surface area contributed by atoms with Gasteiger partial charge in [0.1, 0.15) is 5.75 Å². The molecule has 1 aromatic carbocycles. The molecule has 1 heterocycles. The van der Waals surface area contributed by atoms with Gasteiger partial charge in [0, 0.05) is 24.9 Å². The molecule has 0 spiro atoms. The van der Waals surface area contributed by atoms with Crippen molar-refractivity contribution in [3.05, 3.63) is 41.7 Å². The van der Waals surface area contributed by atoms with Gasteiger partial charge in [-0.05, 0) is 42.6 Å². The molecule has 0 saturated heterocycles. The Bertz CT molecular complexity index is 860. The van der Waals surface area contributed by atoms with Crippen molar-refractivity contribution in [1.82, 2.24) is 9.97 Å². The van der Waals surface area contributed by atoms with E-state index >= 15 is 0 Å². The summed E-state index contributed by atoms with van der Waals surface area (Å²) in [5.74, 6) is 2.29. The third-order valence-electron chi connectivity index (χ3n) is 4.03. The Morgan fingerprint density at radius 3 is 2.75 bits per heavy atom. The highest BCUT2D eigenvalue weighted by Crippen LogP contribution is 2.30. The van der Waals surface area contributed by atoms with E-state index in [1.54, 1.807) is 30.6 Å². The number of hydrogen-bond donors (Lipinski definition) is 1. The highest BCUT2D eigenvalue weighted by atomic mass is 32.2. The van der Waals surface area contributed by atoms with Gasteiger partial charge in [-0.1, -0.05) is 32.0 Å². The molecule has 0 bridgehead atoms. The summed E-state index contributed by atoms with van der Waals surface area (Å²) in [5, 5.41) is 17.2. The van der Waals surface area contributed by atoms with Crippen molar-refractivity contribution >= 4 is 23.7 Å². The smallest absolute Gasteiger partial charge is 0.275 e. The first kappa shape index (κ1) is 21.5. The van der Waals surface area contributed by atoms with Crippen molar-refractivity contribution in [2.24, 2.45) is 21.9 Å². The van der Waals surface area contributed by atoms with Crippen molar-refractivity contribution in [2.45, 2.75) is 26.7 Å². The first-order chi connectivity index (χ1) is 13.6. The fraction of sp³-hybridized carbons (Fsp3) is 0.350. The summed E-state index contributed by atoms with van der Waals surface area (Å²) in [6.07, 6.45) is 5.26.